The van der Waals surface area contributed by atoms with E-state index in [-0.39, 0.29) is 24.0 Å². The normalized spacial score (nSPS) is 14.6. The third kappa shape index (κ3) is 9.60. The topological polar surface area (TPSA) is 71.0 Å². The van der Waals surface area contributed by atoms with Crippen molar-refractivity contribution in [1.29, 1.82) is 0 Å². The van der Waals surface area contributed by atoms with E-state index >= 15 is 0 Å². The maximum atomic E-state index is 5.96. The summed E-state index contributed by atoms with van der Waals surface area (Å²) in [5, 5.41) is 7.89. The standard InChI is InChI=1S/C23H35N5O2S.HI/c1-3-21-18-26-22(31-21)8-9-25-23(24-4-2)27-17-19-6-5-7-20(16-19)30-15-12-28-10-13-29-14-11-28;/h5-7,16,18H,3-4,8-15,17H2,1-2H3,(H2,24,25,27);1H. The summed E-state index contributed by atoms with van der Waals surface area (Å²) in [6.07, 6.45) is 3.93. The molecule has 1 aliphatic heterocycles. The van der Waals surface area contributed by atoms with E-state index in [9.17, 15) is 0 Å². The van der Waals surface area contributed by atoms with Gasteiger partial charge in [-0.1, -0.05) is 19.1 Å². The predicted octanol–water partition coefficient (Wildman–Crippen LogP) is 3.33. The van der Waals surface area contributed by atoms with E-state index in [1.165, 1.54) is 9.88 Å². The molecule has 1 aromatic carbocycles. The SMILES string of the molecule is CCNC(=NCc1cccc(OCCN2CCOCC2)c1)NCCc1ncc(CC)s1.I. The molecule has 32 heavy (non-hydrogen) atoms. The van der Waals surface area contributed by atoms with Gasteiger partial charge < -0.3 is 20.1 Å². The number of aliphatic imine (C=N–C) groups is 1. The molecule has 0 spiro atoms. The van der Waals surface area contributed by atoms with Crippen LogP contribution in [0.15, 0.2) is 35.5 Å². The fourth-order valence-electron chi connectivity index (χ4n) is 3.28. The van der Waals surface area contributed by atoms with Gasteiger partial charge >= 0.3 is 0 Å². The first-order valence-electron chi connectivity index (χ1n) is 11.2. The van der Waals surface area contributed by atoms with Crippen molar-refractivity contribution in [2.75, 3.05) is 52.5 Å². The number of hydrogen-bond acceptors (Lipinski definition) is 6. The van der Waals surface area contributed by atoms with Gasteiger partial charge in [0.25, 0.3) is 0 Å². The number of aromatic nitrogens is 1. The van der Waals surface area contributed by atoms with Crippen LogP contribution in [0.5, 0.6) is 5.75 Å². The Labute approximate surface area is 213 Å². The lowest BCUT2D eigenvalue weighted by molar-refractivity contribution is 0.0322. The number of hydrogen-bond donors (Lipinski definition) is 2. The Bertz CT molecular complexity index is 811. The second-order valence-electron chi connectivity index (χ2n) is 7.40. The average Bonchev–Trinajstić information content (AvgIpc) is 3.26. The number of nitrogens with one attached hydrogen (secondary N) is 2. The molecule has 0 atom stereocenters. The molecule has 7 nitrogen and oxygen atoms in total. The summed E-state index contributed by atoms with van der Waals surface area (Å²) in [5.74, 6) is 1.72. The molecule has 1 aromatic heterocycles. The highest BCUT2D eigenvalue weighted by molar-refractivity contribution is 14.0. The molecule has 2 N–H and O–H groups in total. The Balaban J connectivity index is 0.00000363. The van der Waals surface area contributed by atoms with Gasteiger partial charge in [0, 0.05) is 50.2 Å². The molecule has 2 aromatic rings. The number of rotatable bonds is 11. The van der Waals surface area contributed by atoms with Crippen molar-refractivity contribution >= 4 is 41.3 Å². The molecule has 9 heteroatoms. The second-order valence-corrected chi connectivity index (χ2v) is 8.60. The molecule has 1 aliphatic rings. The van der Waals surface area contributed by atoms with Gasteiger partial charge in [0.1, 0.15) is 12.4 Å². The van der Waals surface area contributed by atoms with Gasteiger partial charge in [0.15, 0.2) is 5.96 Å². The van der Waals surface area contributed by atoms with Crippen LogP contribution >= 0.6 is 35.3 Å². The zero-order chi connectivity index (χ0) is 21.7. The minimum Gasteiger partial charge on any atom is -0.492 e. The lowest BCUT2D eigenvalue weighted by atomic mass is 10.2. The summed E-state index contributed by atoms with van der Waals surface area (Å²) in [6.45, 7) is 11.7. The Morgan fingerprint density at radius 3 is 2.84 bits per heavy atom. The summed E-state index contributed by atoms with van der Waals surface area (Å²) in [5.41, 5.74) is 1.13. The highest BCUT2D eigenvalue weighted by atomic mass is 127. The summed E-state index contributed by atoms with van der Waals surface area (Å²) in [7, 11) is 0. The van der Waals surface area contributed by atoms with Gasteiger partial charge in [-0.15, -0.1) is 35.3 Å². The van der Waals surface area contributed by atoms with Crippen molar-refractivity contribution in [3.8, 4) is 5.75 Å². The van der Waals surface area contributed by atoms with Crippen LogP contribution in [-0.2, 0) is 24.1 Å². The van der Waals surface area contributed by atoms with E-state index in [0.29, 0.717) is 13.2 Å². The van der Waals surface area contributed by atoms with Crippen LogP contribution in [0.25, 0.3) is 0 Å². The fraction of sp³-hybridized carbons (Fsp3) is 0.565. The van der Waals surface area contributed by atoms with Gasteiger partial charge in [0.05, 0.1) is 24.8 Å². The summed E-state index contributed by atoms with van der Waals surface area (Å²) in [4.78, 5) is 12.9. The van der Waals surface area contributed by atoms with Crippen molar-refractivity contribution < 1.29 is 9.47 Å². The van der Waals surface area contributed by atoms with Crippen LogP contribution in [0.2, 0.25) is 0 Å². The van der Waals surface area contributed by atoms with Crippen molar-refractivity contribution in [3.63, 3.8) is 0 Å². The molecule has 1 fully saturated rings. The number of halogens is 1. The molecular formula is C23H36IN5O2S. The van der Waals surface area contributed by atoms with Crippen LogP contribution in [0.4, 0.5) is 0 Å². The first-order valence-corrected chi connectivity index (χ1v) is 12.1. The van der Waals surface area contributed by atoms with E-state index in [1.807, 2.05) is 18.3 Å². The maximum Gasteiger partial charge on any atom is 0.191 e. The van der Waals surface area contributed by atoms with Gasteiger partial charge in [-0.2, -0.15) is 0 Å². The van der Waals surface area contributed by atoms with Crippen molar-refractivity contribution in [1.82, 2.24) is 20.5 Å². The van der Waals surface area contributed by atoms with Crippen molar-refractivity contribution in [2.45, 2.75) is 33.2 Å². The minimum absolute atomic E-state index is 0. The lowest BCUT2D eigenvalue weighted by Crippen LogP contribution is -2.38. The number of thiazole rings is 1. The molecule has 2 heterocycles. The second kappa shape index (κ2) is 15.4. The number of guanidine groups is 1. The maximum absolute atomic E-state index is 5.96. The summed E-state index contributed by atoms with van der Waals surface area (Å²) in [6, 6.07) is 8.20. The van der Waals surface area contributed by atoms with Crippen LogP contribution in [0, 0.1) is 0 Å². The highest BCUT2D eigenvalue weighted by Gasteiger charge is 2.09. The van der Waals surface area contributed by atoms with E-state index in [4.69, 9.17) is 14.5 Å². The molecular weight excluding hydrogens is 537 g/mol. The zero-order valence-electron chi connectivity index (χ0n) is 19.1. The van der Waals surface area contributed by atoms with Crippen molar-refractivity contribution in [2.24, 2.45) is 4.99 Å². The van der Waals surface area contributed by atoms with E-state index in [1.54, 1.807) is 11.3 Å². The predicted molar refractivity (Wildman–Crippen MR) is 143 cm³/mol. The lowest BCUT2D eigenvalue weighted by Gasteiger charge is -2.26. The number of benzene rings is 1. The monoisotopic (exact) mass is 573 g/mol. The zero-order valence-corrected chi connectivity index (χ0v) is 22.3. The first kappa shape index (κ1) is 26.8. The molecule has 0 saturated carbocycles. The summed E-state index contributed by atoms with van der Waals surface area (Å²) < 4.78 is 11.3. The third-order valence-corrected chi connectivity index (χ3v) is 6.23. The Kier molecular flexibility index (Phi) is 12.9. The molecule has 0 unspecified atom stereocenters. The van der Waals surface area contributed by atoms with Gasteiger partial charge in [0.2, 0.25) is 0 Å². The highest BCUT2D eigenvalue weighted by Crippen LogP contribution is 2.15. The van der Waals surface area contributed by atoms with E-state index in [0.717, 1.165) is 76.1 Å². The Morgan fingerprint density at radius 2 is 2.09 bits per heavy atom. The van der Waals surface area contributed by atoms with Gasteiger partial charge in [-0.05, 0) is 31.0 Å². The third-order valence-electron chi connectivity index (χ3n) is 5.02. The summed E-state index contributed by atoms with van der Waals surface area (Å²) >= 11 is 1.79. The van der Waals surface area contributed by atoms with Crippen LogP contribution < -0.4 is 15.4 Å². The molecule has 0 bridgehead atoms. The van der Waals surface area contributed by atoms with E-state index < -0.39 is 0 Å². The molecule has 178 valence electrons. The average molecular weight is 574 g/mol. The van der Waals surface area contributed by atoms with Gasteiger partial charge in [-0.3, -0.25) is 4.90 Å². The Hall–Kier alpha value is -1.43. The first-order chi connectivity index (χ1) is 15.3. The molecule has 3 rings (SSSR count). The van der Waals surface area contributed by atoms with E-state index in [2.05, 4.69) is 46.5 Å². The number of morpholine rings is 1. The fourth-order valence-corrected chi connectivity index (χ4v) is 4.14. The van der Waals surface area contributed by atoms with Gasteiger partial charge in [-0.25, -0.2) is 9.98 Å². The van der Waals surface area contributed by atoms with Crippen LogP contribution in [0.3, 0.4) is 0 Å². The number of aryl methyl sites for hydroxylation is 1. The minimum atomic E-state index is 0. The molecule has 1 saturated heterocycles. The van der Waals surface area contributed by atoms with Crippen LogP contribution in [-0.4, -0.2) is 68.4 Å². The Morgan fingerprint density at radius 1 is 1.25 bits per heavy atom. The largest absolute Gasteiger partial charge is 0.492 e. The van der Waals surface area contributed by atoms with Crippen molar-refractivity contribution in [3.05, 3.63) is 45.9 Å². The smallest absolute Gasteiger partial charge is 0.191 e. The number of nitrogens with zero attached hydrogens (tertiary/aromatic N) is 3. The molecule has 0 amide bonds. The molecule has 0 radical (unpaired) electrons. The quantitative estimate of drug-likeness (QED) is 0.244. The molecule has 0 aliphatic carbocycles. The van der Waals surface area contributed by atoms with Crippen LogP contribution in [0.1, 0.15) is 29.3 Å². The number of ether oxygens (including phenoxy) is 2.